The minimum absolute atomic E-state index is 0.0769. The number of benzene rings is 1. The van der Waals surface area contributed by atoms with Crippen LogP contribution in [-0.2, 0) is 4.79 Å². The molecule has 2 atom stereocenters. The molecule has 1 aliphatic carbocycles. The molecular weight excluding hydrogens is 238 g/mol. The Hall–Kier alpha value is -1.55. The lowest BCUT2D eigenvalue weighted by Crippen LogP contribution is -2.29. The van der Waals surface area contributed by atoms with Gasteiger partial charge in [0.25, 0.3) is 0 Å². The molecule has 1 aromatic rings. The van der Waals surface area contributed by atoms with Gasteiger partial charge in [-0.15, -0.1) is 0 Å². The minimum atomic E-state index is 0.0769. The Balaban J connectivity index is 2.04. The Labute approximate surface area is 115 Å². The van der Waals surface area contributed by atoms with E-state index in [1.807, 2.05) is 43.3 Å². The summed E-state index contributed by atoms with van der Waals surface area (Å²) in [5.74, 6) is 0.536. The maximum atomic E-state index is 12.3. The molecule has 1 aromatic carbocycles. The van der Waals surface area contributed by atoms with Gasteiger partial charge in [0.05, 0.1) is 0 Å². The third-order valence-corrected chi connectivity index (χ3v) is 3.93. The molecule has 1 aliphatic rings. The summed E-state index contributed by atoms with van der Waals surface area (Å²) in [4.78, 5) is 14.3. The van der Waals surface area contributed by atoms with E-state index in [9.17, 15) is 4.79 Å². The molecular formula is C15H23N3O. The molecule has 1 saturated carbocycles. The van der Waals surface area contributed by atoms with E-state index >= 15 is 0 Å². The van der Waals surface area contributed by atoms with Crippen LogP contribution in [0.1, 0.15) is 19.3 Å². The van der Waals surface area contributed by atoms with E-state index in [0.717, 1.165) is 30.6 Å². The lowest BCUT2D eigenvalue weighted by atomic mass is 9.95. The molecule has 0 radical (unpaired) electrons. The van der Waals surface area contributed by atoms with Crippen molar-refractivity contribution in [2.75, 3.05) is 30.9 Å². The molecule has 3 N–H and O–H groups in total. The fraction of sp³-hybridized carbons (Fsp3) is 0.533. The zero-order valence-electron chi connectivity index (χ0n) is 11.7. The van der Waals surface area contributed by atoms with E-state index in [-0.39, 0.29) is 11.8 Å². The van der Waals surface area contributed by atoms with E-state index in [1.54, 1.807) is 0 Å². The van der Waals surface area contributed by atoms with E-state index in [4.69, 9.17) is 5.73 Å². The lowest BCUT2D eigenvalue weighted by molar-refractivity contribution is -0.120. The molecule has 2 unspecified atom stereocenters. The van der Waals surface area contributed by atoms with Crippen LogP contribution in [0, 0.1) is 11.8 Å². The Bertz CT molecular complexity index is 445. The Kier molecular flexibility index (Phi) is 4.43. The molecule has 104 valence electrons. The third kappa shape index (κ3) is 3.26. The van der Waals surface area contributed by atoms with E-state index in [2.05, 4.69) is 5.32 Å². The highest BCUT2D eigenvalue weighted by Crippen LogP contribution is 2.32. The molecule has 1 fully saturated rings. The Morgan fingerprint density at radius 2 is 2.21 bits per heavy atom. The second kappa shape index (κ2) is 6.06. The summed E-state index contributed by atoms with van der Waals surface area (Å²) in [6.07, 6.45) is 3.14. The van der Waals surface area contributed by atoms with Gasteiger partial charge in [-0.05, 0) is 43.5 Å². The van der Waals surface area contributed by atoms with Gasteiger partial charge >= 0.3 is 0 Å². The fourth-order valence-corrected chi connectivity index (χ4v) is 2.76. The normalized spacial score (nSPS) is 22.3. The summed E-state index contributed by atoms with van der Waals surface area (Å²) < 4.78 is 0. The fourth-order valence-electron chi connectivity index (χ4n) is 2.76. The van der Waals surface area contributed by atoms with Crippen LogP contribution in [-0.4, -0.2) is 26.5 Å². The maximum absolute atomic E-state index is 12.3. The summed E-state index contributed by atoms with van der Waals surface area (Å²) in [6.45, 7) is 0.607. The largest absolute Gasteiger partial charge is 0.378 e. The van der Waals surface area contributed by atoms with Gasteiger partial charge in [0.15, 0.2) is 0 Å². The lowest BCUT2D eigenvalue weighted by Gasteiger charge is -2.18. The van der Waals surface area contributed by atoms with Gasteiger partial charge in [0.2, 0.25) is 5.91 Å². The van der Waals surface area contributed by atoms with Crippen molar-refractivity contribution in [2.24, 2.45) is 17.6 Å². The first-order valence-electron chi connectivity index (χ1n) is 6.90. The van der Waals surface area contributed by atoms with Gasteiger partial charge in [0.1, 0.15) is 0 Å². The van der Waals surface area contributed by atoms with Crippen molar-refractivity contribution < 1.29 is 4.79 Å². The number of nitrogens with zero attached hydrogens (tertiary/aromatic N) is 1. The monoisotopic (exact) mass is 261 g/mol. The second-order valence-corrected chi connectivity index (χ2v) is 5.47. The zero-order valence-corrected chi connectivity index (χ0v) is 11.7. The second-order valence-electron chi connectivity index (χ2n) is 5.47. The van der Waals surface area contributed by atoms with Crippen LogP contribution in [0.25, 0.3) is 0 Å². The Morgan fingerprint density at radius 1 is 1.42 bits per heavy atom. The van der Waals surface area contributed by atoms with Crippen LogP contribution in [0.3, 0.4) is 0 Å². The molecule has 2 rings (SSSR count). The summed E-state index contributed by atoms with van der Waals surface area (Å²) in [5.41, 5.74) is 7.68. The summed E-state index contributed by atoms with van der Waals surface area (Å²) in [7, 11) is 3.98. The van der Waals surface area contributed by atoms with Crippen LogP contribution >= 0.6 is 0 Å². The third-order valence-electron chi connectivity index (χ3n) is 3.93. The number of amides is 1. The van der Waals surface area contributed by atoms with Crippen molar-refractivity contribution in [3.8, 4) is 0 Å². The van der Waals surface area contributed by atoms with Crippen LogP contribution in [0.15, 0.2) is 24.3 Å². The predicted molar refractivity (Wildman–Crippen MR) is 79.3 cm³/mol. The topological polar surface area (TPSA) is 58.4 Å². The van der Waals surface area contributed by atoms with Gasteiger partial charge in [-0.1, -0.05) is 12.5 Å². The first-order chi connectivity index (χ1) is 9.11. The maximum Gasteiger partial charge on any atom is 0.227 e. The quantitative estimate of drug-likeness (QED) is 0.872. The molecule has 0 saturated heterocycles. The molecule has 4 heteroatoms. The van der Waals surface area contributed by atoms with Gasteiger partial charge in [-0.2, -0.15) is 0 Å². The molecule has 0 spiro atoms. The number of nitrogens with one attached hydrogen (secondary N) is 1. The van der Waals surface area contributed by atoms with E-state index in [0.29, 0.717) is 12.5 Å². The van der Waals surface area contributed by atoms with Gasteiger partial charge < -0.3 is 16.0 Å². The number of hydrogen-bond acceptors (Lipinski definition) is 3. The highest BCUT2D eigenvalue weighted by molar-refractivity contribution is 5.93. The number of hydrogen-bond donors (Lipinski definition) is 2. The van der Waals surface area contributed by atoms with Crippen molar-refractivity contribution in [3.63, 3.8) is 0 Å². The van der Waals surface area contributed by atoms with Gasteiger partial charge in [-0.25, -0.2) is 0 Å². The average molecular weight is 261 g/mol. The van der Waals surface area contributed by atoms with E-state index < -0.39 is 0 Å². The summed E-state index contributed by atoms with van der Waals surface area (Å²) in [6, 6.07) is 7.90. The predicted octanol–water partition coefficient (Wildman–Crippen LogP) is 2.07. The van der Waals surface area contributed by atoms with Crippen molar-refractivity contribution in [2.45, 2.75) is 19.3 Å². The average Bonchev–Trinajstić information content (AvgIpc) is 2.87. The summed E-state index contributed by atoms with van der Waals surface area (Å²) >= 11 is 0. The molecule has 4 nitrogen and oxygen atoms in total. The van der Waals surface area contributed by atoms with Crippen molar-refractivity contribution in [3.05, 3.63) is 24.3 Å². The molecule has 1 amide bonds. The number of carbonyl (C=O) groups is 1. The molecule has 0 bridgehead atoms. The summed E-state index contributed by atoms with van der Waals surface area (Å²) in [5, 5.41) is 3.02. The van der Waals surface area contributed by atoms with Gasteiger partial charge in [-0.3, -0.25) is 4.79 Å². The number of carbonyl (C=O) groups excluding carboxylic acids is 1. The minimum Gasteiger partial charge on any atom is -0.378 e. The van der Waals surface area contributed by atoms with Crippen LogP contribution in [0.2, 0.25) is 0 Å². The number of nitrogens with two attached hydrogens (primary N) is 1. The van der Waals surface area contributed by atoms with Crippen LogP contribution < -0.4 is 16.0 Å². The molecule has 0 aliphatic heterocycles. The highest BCUT2D eigenvalue weighted by Gasteiger charge is 2.31. The van der Waals surface area contributed by atoms with Crippen LogP contribution in [0.5, 0.6) is 0 Å². The van der Waals surface area contributed by atoms with Crippen molar-refractivity contribution >= 4 is 17.3 Å². The smallest absolute Gasteiger partial charge is 0.227 e. The van der Waals surface area contributed by atoms with Gasteiger partial charge in [0, 0.05) is 31.4 Å². The van der Waals surface area contributed by atoms with E-state index in [1.165, 1.54) is 0 Å². The van der Waals surface area contributed by atoms with Crippen molar-refractivity contribution in [1.82, 2.24) is 0 Å². The molecule has 0 aromatic heterocycles. The highest BCUT2D eigenvalue weighted by atomic mass is 16.1. The zero-order chi connectivity index (χ0) is 13.8. The molecule has 0 heterocycles. The molecule has 19 heavy (non-hydrogen) atoms. The Morgan fingerprint density at radius 3 is 2.89 bits per heavy atom. The standard InChI is InChI=1S/C15H23N3O/c1-18(2)13-7-4-6-12(9-13)17-15(19)14-8-3-5-11(14)10-16/h4,6-7,9,11,14H,3,5,8,10,16H2,1-2H3,(H,17,19). The first-order valence-corrected chi connectivity index (χ1v) is 6.90. The van der Waals surface area contributed by atoms with Crippen LogP contribution in [0.4, 0.5) is 11.4 Å². The van der Waals surface area contributed by atoms with Crippen molar-refractivity contribution in [1.29, 1.82) is 0 Å². The SMILES string of the molecule is CN(C)c1cccc(NC(=O)C2CCCC2CN)c1. The number of anilines is 2. The number of rotatable bonds is 4. The first kappa shape index (κ1) is 13.9.